The van der Waals surface area contributed by atoms with Crippen molar-refractivity contribution in [3.8, 4) is 11.3 Å². The highest BCUT2D eigenvalue weighted by Crippen LogP contribution is 2.24. The lowest BCUT2D eigenvalue weighted by Gasteiger charge is -2.04. The Bertz CT molecular complexity index is 713. The van der Waals surface area contributed by atoms with E-state index in [0.717, 1.165) is 43.1 Å². The molecular weight excluding hydrogens is 369 g/mol. The normalized spacial score (nSPS) is 10.0. The number of hydrogen-bond donors (Lipinski definition) is 1. The van der Waals surface area contributed by atoms with E-state index in [1.54, 1.807) is 6.20 Å². The topological polar surface area (TPSA) is 43.0 Å². The van der Waals surface area contributed by atoms with Crippen LogP contribution >= 0.6 is 11.6 Å². The fraction of sp³-hybridized carbons (Fsp3) is 0.235. The molecule has 0 unspecified atom stereocenters. The third-order valence-electron chi connectivity index (χ3n) is 3.40. The molecule has 2 aromatic heterocycles. The number of nitrogens with zero attached hydrogens (tertiary/aromatic N) is 2. The first-order valence-corrected chi connectivity index (χ1v) is 7.70. The van der Waals surface area contributed by atoms with Gasteiger partial charge in [0.25, 0.3) is 0 Å². The molecule has 0 radical (unpaired) electrons. The van der Waals surface area contributed by atoms with Crippen molar-refractivity contribution in [1.29, 1.82) is 0 Å². The van der Waals surface area contributed by atoms with Crippen LogP contribution in [0.15, 0.2) is 59.5 Å². The maximum Gasteiger partial charge on any atom is 0.134 e. The molecule has 0 saturated carbocycles. The predicted octanol–water partition coefficient (Wildman–Crippen LogP) is -2.02. The highest BCUT2D eigenvalue weighted by atomic mass is 35.5. The van der Waals surface area contributed by atoms with Crippen LogP contribution in [-0.2, 0) is 13.1 Å². The van der Waals surface area contributed by atoms with E-state index in [2.05, 4.69) is 14.9 Å². The minimum atomic E-state index is 0. The smallest absolute Gasteiger partial charge is 0.134 e. The molecule has 0 fully saturated rings. The van der Waals surface area contributed by atoms with Crippen molar-refractivity contribution >= 4 is 11.6 Å². The number of nitrogens with one attached hydrogen (secondary N) is 1. The van der Waals surface area contributed by atoms with Gasteiger partial charge in [0.2, 0.25) is 0 Å². The molecule has 130 valence electrons. The molecule has 1 aromatic carbocycles. The van der Waals surface area contributed by atoms with Gasteiger partial charge in [-0.05, 0) is 37.2 Å². The Morgan fingerprint density at radius 2 is 2.04 bits per heavy atom. The summed E-state index contributed by atoms with van der Waals surface area (Å²) in [5.41, 5.74) is 0.999. The van der Waals surface area contributed by atoms with Gasteiger partial charge in [-0.15, -0.1) is 0 Å². The minimum absolute atomic E-state index is 0. The van der Waals surface area contributed by atoms with E-state index >= 15 is 0 Å². The van der Waals surface area contributed by atoms with Gasteiger partial charge in [0.05, 0.1) is 12.9 Å². The lowest BCUT2D eigenvalue weighted by atomic mass is 10.2. The van der Waals surface area contributed by atoms with Crippen molar-refractivity contribution in [2.75, 3.05) is 6.54 Å². The summed E-state index contributed by atoms with van der Waals surface area (Å²) in [6, 6.07) is 11.7. The van der Waals surface area contributed by atoms with Crippen LogP contribution in [0, 0.1) is 0 Å². The monoisotopic (exact) mass is 385 g/mol. The van der Waals surface area contributed by atoms with Crippen molar-refractivity contribution in [2.24, 2.45) is 0 Å². The average Bonchev–Trinajstić information content (AvgIpc) is 3.18. The second-order valence-corrected chi connectivity index (χ2v) is 5.54. The van der Waals surface area contributed by atoms with Crippen molar-refractivity contribution < 1.29 is 29.2 Å². The predicted molar refractivity (Wildman–Crippen MR) is 87.7 cm³/mol. The SMILES string of the molecule is Clc1cccc(-c2ccc(CNCCCn3ccnc3)o2)c1.[Cl-].[Cl-]. The van der Waals surface area contributed by atoms with Crippen molar-refractivity contribution in [2.45, 2.75) is 19.5 Å². The van der Waals surface area contributed by atoms with Crippen LogP contribution in [0.4, 0.5) is 0 Å². The third-order valence-corrected chi connectivity index (χ3v) is 3.63. The van der Waals surface area contributed by atoms with E-state index in [9.17, 15) is 0 Å². The number of furan rings is 1. The molecule has 24 heavy (non-hydrogen) atoms. The Labute approximate surface area is 159 Å². The molecule has 0 aliphatic heterocycles. The summed E-state index contributed by atoms with van der Waals surface area (Å²) < 4.78 is 7.92. The maximum atomic E-state index is 6.00. The minimum Gasteiger partial charge on any atom is -1.00 e. The van der Waals surface area contributed by atoms with Gasteiger partial charge in [-0.1, -0.05) is 23.7 Å². The fourth-order valence-electron chi connectivity index (χ4n) is 2.29. The van der Waals surface area contributed by atoms with E-state index in [1.807, 2.05) is 48.9 Å². The summed E-state index contributed by atoms with van der Waals surface area (Å²) in [7, 11) is 0. The molecule has 0 bridgehead atoms. The van der Waals surface area contributed by atoms with Crippen LogP contribution in [0.3, 0.4) is 0 Å². The molecule has 3 rings (SSSR count). The summed E-state index contributed by atoms with van der Waals surface area (Å²) in [5.74, 6) is 1.77. The first kappa shape index (κ1) is 20.6. The fourth-order valence-corrected chi connectivity index (χ4v) is 2.48. The summed E-state index contributed by atoms with van der Waals surface area (Å²) in [6.45, 7) is 2.63. The van der Waals surface area contributed by atoms with Crippen LogP contribution in [-0.4, -0.2) is 16.1 Å². The van der Waals surface area contributed by atoms with Gasteiger partial charge in [0, 0.05) is 29.5 Å². The highest BCUT2D eigenvalue weighted by molar-refractivity contribution is 6.30. The summed E-state index contributed by atoms with van der Waals surface area (Å²) in [6.07, 6.45) is 6.67. The Morgan fingerprint density at radius 3 is 2.79 bits per heavy atom. The zero-order valence-corrected chi connectivity index (χ0v) is 15.2. The van der Waals surface area contributed by atoms with Gasteiger partial charge in [-0.2, -0.15) is 0 Å². The van der Waals surface area contributed by atoms with Crippen LogP contribution in [0.2, 0.25) is 5.02 Å². The van der Waals surface area contributed by atoms with Crippen molar-refractivity contribution in [1.82, 2.24) is 14.9 Å². The Morgan fingerprint density at radius 1 is 1.17 bits per heavy atom. The summed E-state index contributed by atoms with van der Waals surface area (Å²) >= 11 is 6.00. The maximum absolute atomic E-state index is 6.00. The zero-order chi connectivity index (χ0) is 15.2. The molecule has 0 aliphatic carbocycles. The standard InChI is InChI=1S/C17H18ClN3O.2ClH/c18-15-4-1-3-14(11-15)17-6-5-16(22-17)12-19-7-2-9-21-10-8-20-13-21;;/h1,3-6,8,10-11,13,19H,2,7,9,12H2;2*1H/p-2. The Hall–Kier alpha value is -1.46. The number of rotatable bonds is 7. The average molecular weight is 387 g/mol. The van der Waals surface area contributed by atoms with E-state index < -0.39 is 0 Å². The van der Waals surface area contributed by atoms with E-state index in [0.29, 0.717) is 5.02 Å². The molecule has 1 N–H and O–H groups in total. The zero-order valence-electron chi connectivity index (χ0n) is 13.0. The molecule has 0 spiro atoms. The van der Waals surface area contributed by atoms with Crippen LogP contribution in [0.1, 0.15) is 12.2 Å². The first-order chi connectivity index (χ1) is 10.8. The largest absolute Gasteiger partial charge is 1.00 e. The van der Waals surface area contributed by atoms with E-state index in [4.69, 9.17) is 16.0 Å². The van der Waals surface area contributed by atoms with Gasteiger partial charge < -0.3 is 39.1 Å². The van der Waals surface area contributed by atoms with Gasteiger partial charge >= 0.3 is 0 Å². The van der Waals surface area contributed by atoms with E-state index in [1.165, 1.54) is 0 Å². The molecular formula is C17H18Cl3N3O-2. The molecule has 0 saturated heterocycles. The lowest BCUT2D eigenvalue weighted by Crippen LogP contribution is -3.00. The van der Waals surface area contributed by atoms with Crippen LogP contribution < -0.4 is 30.1 Å². The van der Waals surface area contributed by atoms with Crippen molar-refractivity contribution in [3.05, 3.63) is 65.9 Å². The number of imidazole rings is 1. The molecule has 3 aromatic rings. The van der Waals surface area contributed by atoms with Crippen LogP contribution in [0.25, 0.3) is 11.3 Å². The summed E-state index contributed by atoms with van der Waals surface area (Å²) in [4.78, 5) is 4.02. The molecule has 2 heterocycles. The van der Waals surface area contributed by atoms with Crippen molar-refractivity contribution in [3.63, 3.8) is 0 Å². The molecule has 7 heteroatoms. The molecule has 0 aliphatic rings. The number of aromatic nitrogens is 2. The Kier molecular flexibility index (Phi) is 8.93. The first-order valence-electron chi connectivity index (χ1n) is 7.32. The quantitative estimate of drug-likeness (QED) is 0.477. The number of halogens is 3. The number of aryl methyl sites for hydroxylation is 1. The van der Waals surface area contributed by atoms with Crippen LogP contribution in [0.5, 0.6) is 0 Å². The van der Waals surface area contributed by atoms with E-state index in [-0.39, 0.29) is 24.8 Å². The van der Waals surface area contributed by atoms with Gasteiger partial charge in [0.15, 0.2) is 0 Å². The van der Waals surface area contributed by atoms with Gasteiger partial charge in [0.1, 0.15) is 11.5 Å². The Balaban J connectivity index is 0.00000144. The van der Waals surface area contributed by atoms with Gasteiger partial charge in [-0.25, -0.2) is 4.98 Å². The number of hydrogen-bond acceptors (Lipinski definition) is 3. The molecule has 0 amide bonds. The summed E-state index contributed by atoms with van der Waals surface area (Å²) in [5, 5.41) is 4.10. The second-order valence-electron chi connectivity index (χ2n) is 5.11. The lowest BCUT2D eigenvalue weighted by molar-refractivity contribution is -0.00100. The van der Waals surface area contributed by atoms with Gasteiger partial charge in [-0.3, -0.25) is 0 Å². The molecule has 0 atom stereocenters. The third kappa shape index (κ3) is 5.87. The second kappa shape index (κ2) is 10.4. The highest BCUT2D eigenvalue weighted by Gasteiger charge is 2.05. The number of benzene rings is 1. The molecule has 4 nitrogen and oxygen atoms in total.